The van der Waals surface area contributed by atoms with Gasteiger partial charge < -0.3 is 20.7 Å². The zero-order valence-corrected chi connectivity index (χ0v) is 30.9. The number of ether oxygens (including phenoxy) is 1. The third-order valence-corrected chi connectivity index (χ3v) is 10.5. The predicted octanol–water partition coefficient (Wildman–Crippen LogP) is 6.22. The van der Waals surface area contributed by atoms with Crippen LogP contribution in [0.1, 0.15) is 98.5 Å². The summed E-state index contributed by atoms with van der Waals surface area (Å²) in [5.41, 5.74) is 6.47. The van der Waals surface area contributed by atoms with E-state index in [0.717, 1.165) is 43.2 Å². The van der Waals surface area contributed by atoms with Crippen molar-refractivity contribution in [1.29, 1.82) is 0 Å². The Kier molecular flexibility index (Phi) is 16.4. The predicted molar refractivity (Wildman–Crippen MR) is 190 cm³/mol. The average molecular weight is 724 g/mol. The summed E-state index contributed by atoms with van der Waals surface area (Å²) in [7, 11) is -3.82. The molecule has 11 heteroatoms. The molecule has 2 amide bonds. The summed E-state index contributed by atoms with van der Waals surface area (Å²) in [5, 5.41) is 2.80. The monoisotopic (exact) mass is 722 g/mol. The lowest BCUT2D eigenvalue weighted by molar-refractivity contribution is -0.139. The number of hydrogen-bond acceptors (Lipinski definition) is 6. The first-order valence-electron chi connectivity index (χ1n) is 16.6. The van der Waals surface area contributed by atoms with Gasteiger partial charge in [-0.1, -0.05) is 91.5 Å². The molecule has 0 bridgehead atoms. The maximum absolute atomic E-state index is 14.2. The Bertz CT molecular complexity index is 1330. The number of likely N-dealkylation sites (N-methyl/N-ethyl adjacent to an activating group) is 1. The van der Waals surface area contributed by atoms with Crippen LogP contribution in [0.5, 0.6) is 0 Å². The second-order valence-electron chi connectivity index (χ2n) is 12.3. The van der Waals surface area contributed by atoms with Crippen LogP contribution in [0.15, 0.2) is 63.5 Å². The molecule has 1 atom stereocenters. The Morgan fingerprint density at radius 1 is 1.17 bits per heavy atom. The van der Waals surface area contributed by atoms with Gasteiger partial charge in [-0.05, 0) is 81.5 Å². The van der Waals surface area contributed by atoms with Crippen LogP contribution in [0.3, 0.4) is 0 Å². The molecule has 1 saturated carbocycles. The molecule has 1 unspecified atom stereocenters. The van der Waals surface area contributed by atoms with E-state index in [2.05, 4.69) is 32.0 Å². The highest BCUT2D eigenvalue weighted by molar-refractivity contribution is 9.11. The number of hydrogen-bond donors (Lipinski definition) is 3. The minimum Gasteiger partial charge on any atom is -0.374 e. The minimum atomic E-state index is -3.82. The molecule has 46 heavy (non-hydrogen) atoms. The van der Waals surface area contributed by atoms with Crippen LogP contribution in [0, 0.1) is 0 Å². The Labute approximate surface area is 285 Å². The summed E-state index contributed by atoms with van der Waals surface area (Å²) in [6.07, 6.45) is 10.4. The lowest BCUT2D eigenvalue weighted by Crippen LogP contribution is -2.58. The Hall–Kier alpha value is -2.31. The highest BCUT2D eigenvalue weighted by atomic mass is 79.9. The standard InChI is InChI=1S/C33H49BrN4O5S.C2H6/c1-5-7-8-13-18-26(21-34)29-27(33(37-44(29,41)42)19-14-10-15-20-33)22-38(6-2)30(39)28(36-31(40)32(3,4)35)24-43-23-25-16-11-9-12-17-25;1-2/h5,7,9,11-12,16-17,21,28,37H,6,8,10,13-15,18-20,22-24,35H2,1-4H3,(H,36,40);1-2H3/b7-5-,26-21-;. The molecule has 3 rings (SSSR count). The molecule has 9 nitrogen and oxygen atoms in total. The number of allylic oxidation sites excluding steroid dienone is 3. The van der Waals surface area contributed by atoms with Crippen molar-refractivity contribution in [3.8, 4) is 0 Å². The zero-order chi connectivity index (χ0) is 34.4. The number of carbonyl (C=O) groups excluding carboxylic acids is 2. The first-order chi connectivity index (χ1) is 21.9. The van der Waals surface area contributed by atoms with E-state index in [-0.39, 0.29) is 30.6 Å². The normalized spacial score (nSPS) is 18.3. The number of rotatable bonds is 15. The molecule has 0 radical (unpaired) electrons. The number of halogens is 1. The van der Waals surface area contributed by atoms with E-state index >= 15 is 0 Å². The maximum Gasteiger partial charge on any atom is 0.247 e. The summed E-state index contributed by atoms with van der Waals surface area (Å²) in [5.74, 6) is -0.827. The van der Waals surface area contributed by atoms with Crippen LogP contribution in [0.25, 0.3) is 0 Å². The molecule has 1 aromatic carbocycles. The van der Waals surface area contributed by atoms with E-state index in [0.29, 0.717) is 31.4 Å². The van der Waals surface area contributed by atoms with Gasteiger partial charge in [0, 0.05) is 13.1 Å². The summed E-state index contributed by atoms with van der Waals surface area (Å²) >= 11 is 3.45. The van der Waals surface area contributed by atoms with E-state index in [1.165, 1.54) is 0 Å². The van der Waals surface area contributed by atoms with Gasteiger partial charge in [-0.25, -0.2) is 13.1 Å². The van der Waals surface area contributed by atoms with Crippen molar-refractivity contribution in [3.63, 3.8) is 0 Å². The van der Waals surface area contributed by atoms with Crippen molar-refractivity contribution in [3.05, 3.63) is 69.1 Å². The molecule has 4 N–H and O–H groups in total. The van der Waals surface area contributed by atoms with E-state index in [4.69, 9.17) is 10.5 Å². The molecular weight excluding hydrogens is 668 g/mol. The maximum atomic E-state index is 14.2. The number of unbranched alkanes of at least 4 members (excludes halogenated alkanes) is 1. The number of nitrogens with one attached hydrogen (secondary N) is 2. The molecule has 1 heterocycles. The van der Waals surface area contributed by atoms with Gasteiger partial charge >= 0.3 is 0 Å². The van der Waals surface area contributed by atoms with Crippen LogP contribution in [0.2, 0.25) is 0 Å². The lowest BCUT2D eigenvalue weighted by Gasteiger charge is -2.38. The highest BCUT2D eigenvalue weighted by Crippen LogP contribution is 2.45. The van der Waals surface area contributed by atoms with Gasteiger partial charge in [0.1, 0.15) is 6.04 Å². The van der Waals surface area contributed by atoms with Crippen LogP contribution >= 0.6 is 15.9 Å². The second kappa shape index (κ2) is 18.9. The SMILES string of the molecule is C/C=C\CCC/C(=C/Br)C1=C(CN(CC)C(=O)C(COCc2ccccc2)NC(=O)C(C)(C)N)C2(CCCCC2)NS1(=O)=O.CC. The van der Waals surface area contributed by atoms with E-state index in [9.17, 15) is 18.0 Å². The summed E-state index contributed by atoms with van der Waals surface area (Å²) in [4.78, 5) is 30.7. The van der Waals surface area contributed by atoms with Crippen molar-refractivity contribution < 1.29 is 22.7 Å². The Morgan fingerprint density at radius 2 is 1.83 bits per heavy atom. The topological polar surface area (TPSA) is 131 Å². The molecule has 1 fully saturated rings. The van der Waals surface area contributed by atoms with Gasteiger partial charge in [0.15, 0.2) is 0 Å². The van der Waals surface area contributed by atoms with Gasteiger partial charge in [0.2, 0.25) is 21.8 Å². The quantitative estimate of drug-likeness (QED) is 0.146. The van der Waals surface area contributed by atoms with Gasteiger partial charge in [-0.3, -0.25) is 9.59 Å². The van der Waals surface area contributed by atoms with Gasteiger partial charge in [0.25, 0.3) is 0 Å². The lowest BCUT2D eigenvalue weighted by atomic mass is 9.76. The minimum absolute atomic E-state index is 0.0584. The summed E-state index contributed by atoms with van der Waals surface area (Å²) < 4.78 is 36.6. The van der Waals surface area contributed by atoms with Crippen molar-refractivity contribution >= 4 is 37.8 Å². The number of carbonyl (C=O) groups is 2. The largest absolute Gasteiger partial charge is 0.374 e. The van der Waals surface area contributed by atoms with E-state index in [1.807, 2.05) is 64.1 Å². The Morgan fingerprint density at radius 3 is 2.39 bits per heavy atom. The van der Waals surface area contributed by atoms with Crippen LogP contribution < -0.4 is 15.8 Å². The highest BCUT2D eigenvalue weighted by Gasteiger charge is 2.50. The number of benzene rings is 1. The van der Waals surface area contributed by atoms with Gasteiger partial charge in [-0.2, -0.15) is 0 Å². The third kappa shape index (κ3) is 10.9. The number of sulfonamides is 1. The van der Waals surface area contributed by atoms with Crippen molar-refractivity contribution in [1.82, 2.24) is 14.9 Å². The van der Waals surface area contributed by atoms with Gasteiger partial charge in [-0.15, -0.1) is 0 Å². The average Bonchev–Trinajstić information content (AvgIpc) is 3.24. The second-order valence-corrected chi connectivity index (χ2v) is 14.3. The first kappa shape index (κ1) is 39.9. The van der Waals surface area contributed by atoms with Crippen molar-refractivity contribution in [2.24, 2.45) is 5.73 Å². The van der Waals surface area contributed by atoms with Crippen LogP contribution in [0.4, 0.5) is 0 Å². The summed E-state index contributed by atoms with van der Waals surface area (Å²) in [6.45, 7) is 11.6. The van der Waals surface area contributed by atoms with Crippen LogP contribution in [-0.4, -0.2) is 61.9 Å². The zero-order valence-electron chi connectivity index (χ0n) is 28.5. The molecule has 0 saturated heterocycles. The third-order valence-electron chi connectivity index (χ3n) is 8.26. The number of nitrogens with two attached hydrogens (primary N) is 1. The molecule has 0 aromatic heterocycles. The van der Waals surface area contributed by atoms with E-state index < -0.39 is 33.1 Å². The molecule has 1 aromatic rings. The van der Waals surface area contributed by atoms with Crippen LogP contribution in [-0.2, 0) is 31.0 Å². The fourth-order valence-electron chi connectivity index (χ4n) is 5.84. The molecule has 258 valence electrons. The van der Waals surface area contributed by atoms with Gasteiger partial charge in [0.05, 0.1) is 29.2 Å². The number of nitrogens with zero attached hydrogens (tertiary/aromatic N) is 1. The fourth-order valence-corrected chi connectivity index (χ4v) is 8.48. The van der Waals surface area contributed by atoms with E-state index in [1.54, 1.807) is 23.7 Å². The van der Waals surface area contributed by atoms with Crippen molar-refractivity contribution in [2.45, 2.75) is 117 Å². The molecule has 2 aliphatic rings. The smallest absolute Gasteiger partial charge is 0.247 e. The first-order valence-corrected chi connectivity index (χ1v) is 19.0. The molecular formula is C35H55BrN4O5S. The number of amides is 2. The fraction of sp³-hybridized carbons (Fsp3) is 0.600. The Balaban J connectivity index is 0.00000361. The molecule has 1 aliphatic heterocycles. The molecule has 1 spiro atoms. The van der Waals surface area contributed by atoms with Crippen molar-refractivity contribution in [2.75, 3.05) is 19.7 Å². The molecule has 1 aliphatic carbocycles. The summed E-state index contributed by atoms with van der Waals surface area (Å²) in [6, 6.07) is 8.58.